The SMILES string of the molecule is COC(=O)[C@H](C)NC[C@H](c1ccccc1Cl)c1c[nH]c2ccccc12. The number of carbonyl (C=O) groups is 1. The number of carbonyl (C=O) groups excluding carboxylic acids is 1. The molecule has 0 spiro atoms. The van der Waals surface area contributed by atoms with E-state index in [0.717, 1.165) is 22.0 Å². The summed E-state index contributed by atoms with van der Waals surface area (Å²) < 4.78 is 4.80. The van der Waals surface area contributed by atoms with Crippen LogP contribution in [0.2, 0.25) is 5.02 Å². The molecule has 0 aliphatic rings. The lowest BCUT2D eigenvalue weighted by molar-refractivity contribution is -0.142. The van der Waals surface area contributed by atoms with Crippen LogP contribution in [0, 0.1) is 0 Å². The third-order valence-corrected chi connectivity index (χ3v) is 4.80. The number of hydrogen-bond donors (Lipinski definition) is 2. The Morgan fingerprint density at radius 2 is 1.88 bits per heavy atom. The maximum atomic E-state index is 11.7. The van der Waals surface area contributed by atoms with Gasteiger partial charge in [0.05, 0.1) is 7.11 Å². The standard InChI is InChI=1S/C20H21ClN2O2/c1-13(20(24)25-2)22-11-16(14-7-3-5-9-18(14)21)17-12-23-19-10-6-4-8-15(17)19/h3-10,12-13,16,22-23H,11H2,1-2H3/t13-,16+/m0/s1. The van der Waals surface area contributed by atoms with Gasteiger partial charge < -0.3 is 15.0 Å². The van der Waals surface area contributed by atoms with Crippen LogP contribution in [0.4, 0.5) is 0 Å². The molecule has 3 rings (SSSR count). The molecule has 2 atom stereocenters. The van der Waals surface area contributed by atoms with Crippen molar-refractivity contribution in [3.8, 4) is 0 Å². The average molecular weight is 357 g/mol. The highest BCUT2D eigenvalue weighted by Gasteiger charge is 2.22. The van der Waals surface area contributed by atoms with Crippen LogP contribution >= 0.6 is 11.6 Å². The molecule has 1 heterocycles. The number of nitrogens with one attached hydrogen (secondary N) is 2. The molecule has 0 aliphatic carbocycles. The second-order valence-corrected chi connectivity index (χ2v) is 6.42. The van der Waals surface area contributed by atoms with Crippen molar-refractivity contribution < 1.29 is 9.53 Å². The number of aromatic amines is 1. The Morgan fingerprint density at radius 1 is 1.16 bits per heavy atom. The Labute approximate surface area is 152 Å². The smallest absolute Gasteiger partial charge is 0.322 e. The van der Waals surface area contributed by atoms with E-state index in [9.17, 15) is 4.79 Å². The first-order valence-corrected chi connectivity index (χ1v) is 8.61. The third kappa shape index (κ3) is 3.70. The van der Waals surface area contributed by atoms with Crippen LogP contribution in [-0.4, -0.2) is 30.6 Å². The number of methoxy groups -OCH3 is 1. The first kappa shape index (κ1) is 17.5. The molecule has 2 aromatic carbocycles. The molecule has 0 unspecified atom stereocenters. The Balaban J connectivity index is 1.98. The molecule has 0 saturated heterocycles. The summed E-state index contributed by atoms with van der Waals surface area (Å²) in [6, 6.07) is 15.6. The van der Waals surface area contributed by atoms with Crippen LogP contribution in [0.15, 0.2) is 54.7 Å². The monoisotopic (exact) mass is 356 g/mol. The normalized spacial score (nSPS) is 13.6. The summed E-state index contributed by atoms with van der Waals surface area (Å²) in [5.74, 6) is -0.270. The quantitative estimate of drug-likeness (QED) is 0.654. The highest BCUT2D eigenvalue weighted by Crippen LogP contribution is 2.34. The summed E-state index contributed by atoms with van der Waals surface area (Å²) in [6.45, 7) is 2.37. The van der Waals surface area contributed by atoms with Gasteiger partial charge in [-0.3, -0.25) is 4.79 Å². The van der Waals surface area contributed by atoms with Gasteiger partial charge in [-0.25, -0.2) is 0 Å². The highest BCUT2D eigenvalue weighted by molar-refractivity contribution is 6.31. The highest BCUT2D eigenvalue weighted by atomic mass is 35.5. The molecular weight excluding hydrogens is 336 g/mol. The van der Waals surface area contributed by atoms with E-state index in [1.807, 2.05) is 48.7 Å². The molecule has 1 aromatic heterocycles. The van der Waals surface area contributed by atoms with E-state index < -0.39 is 0 Å². The van der Waals surface area contributed by atoms with E-state index >= 15 is 0 Å². The number of fused-ring (bicyclic) bond motifs is 1. The summed E-state index contributed by atoms with van der Waals surface area (Å²) in [4.78, 5) is 15.0. The Morgan fingerprint density at radius 3 is 2.64 bits per heavy atom. The van der Waals surface area contributed by atoms with Gasteiger partial charge in [-0.1, -0.05) is 48.0 Å². The summed E-state index contributed by atoms with van der Waals surface area (Å²) >= 11 is 6.46. The van der Waals surface area contributed by atoms with Gasteiger partial charge in [0.15, 0.2) is 0 Å². The molecule has 25 heavy (non-hydrogen) atoms. The maximum Gasteiger partial charge on any atom is 0.322 e. The average Bonchev–Trinajstić information content (AvgIpc) is 3.06. The van der Waals surface area contributed by atoms with Crippen LogP contribution in [0.25, 0.3) is 10.9 Å². The number of rotatable bonds is 6. The minimum Gasteiger partial charge on any atom is -0.468 e. The van der Waals surface area contributed by atoms with Gasteiger partial charge >= 0.3 is 5.97 Å². The number of H-pyrrole nitrogens is 1. The molecule has 2 N–H and O–H groups in total. The second-order valence-electron chi connectivity index (χ2n) is 6.02. The van der Waals surface area contributed by atoms with Gasteiger partial charge in [0.2, 0.25) is 0 Å². The first-order valence-electron chi connectivity index (χ1n) is 8.23. The Kier molecular flexibility index (Phi) is 5.41. The molecule has 5 heteroatoms. The summed E-state index contributed by atoms with van der Waals surface area (Å²) in [6.07, 6.45) is 2.02. The van der Waals surface area contributed by atoms with Gasteiger partial charge in [-0.2, -0.15) is 0 Å². The minimum absolute atomic E-state index is 0.0111. The number of halogens is 1. The van der Waals surface area contributed by atoms with Gasteiger partial charge in [-0.15, -0.1) is 0 Å². The third-order valence-electron chi connectivity index (χ3n) is 4.46. The second kappa shape index (κ2) is 7.72. The topological polar surface area (TPSA) is 54.1 Å². The maximum absolute atomic E-state index is 11.7. The largest absolute Gasteiger partial charge is 0.468 e. The van der Waals surface area contributed by atoms with E-state index in [1.165, 1.54) is 7.11 Å². The van der Waals surface area contributed by atoms with Crippen molar-refractivity contribution in [1.29, 1.82) is 0 Å². The van der Waals surface area contributed by atoms with Crippen LogP contribution in [0.5, 0.6) is 0 Å². The predicted molar refractivity (Wildman–Crippen MR) is 101 cm³/mol. The zero-order chi connectivity index (χ0) is 17.8. The van der Waals surface area contributed by atoms with Crippen molar-refractivity contribution in [2.75, 3.05) is 13.7 Å². The zero-order valence-electron chi connectivity index (χ0n) is 14.3. The Hall–Kier alpha value is -2.30. The number of esters is 1. The van der Waals surface area contributed by atoms with Crippen molar-refractivity contribution in [2.45, 2.75) is 18.9 Å². The zero-order valence-corrected chi connectivity index (χ0v) is 15.0. The van der Waals surface area contributed by atoms with E-state index in [0.29, 0.717) is 11.6 Å². The molecule has 0 saturated carbocycles. The van der Waals surface area contributed by atoms with E-state index in [2.05, 4.69) is 16.4 Å². The molecule has 0 aliphatic heterocycles. The molecule has 0 amide bonds. The summed E-state index contributed by atoms with van der Waals surface area (Å²) in [7, 11) is 1.39. The molecule has 130 valence electrons. The van der Waals surface area contributed by atoms with Gasteiger partial charge in [0.1, 0.15) is 6.04 Å². The summed E-state index contributed by atoms with van der Waals surface area (Å²) in [5, 5.41) is 5.13. The number of para-hydroxylation sites is 1. The van der Waals surface area contributed by atoms with Crippen molar-refractivity contribution in [2.24, 2.45) is 0 Å². The van der Waals surface area contributed by atoms with Crippen molar-refractivity contribution in [3.05, 3.63) is 70.9 Å². The number of hydrogen-bond acceptors (Lipinski definition) is 3. The van der Waals surface area contributed by atoms with Crippen molar-refractivity contribution >= 4 is 28.5 Å². The van der Waals surface area contributed by atoms with Gasteiger partial charge in [0.25, 0.3) is 0 Å². The van der Waals surface area contributed by atoms with E-state index in [1.54, 1.807) is 6.92 Å². The molecule has 4 nitrogen and oxygen atoms in total. The van der Waals surface area contributed by atoms with Crippen LogP contribution in [0.1, 0.15) is 24.0 Å². The van der Waals surface area contributed by atoms with Gasteiger partial charge in [-0.05, 0) is 30.2 Å². The van der Waals surface area contributed by atoms with Crippen LogP contribution < -0.4 is 5.32 Å². The van der Waals surface area contributed by atoms with Crippen LogP contribution in [0.3, 0.4) is 0 Å². The predicted octanol–water partition coefficient (Wildman–Crippen LogP) is 4.10. The molecular formula is C20H21ClN2O2. The first-order chi connectivity index (χ1) is 12.1. The lowest BCUT2D eigenvalue weighted by atomic mass is 9.90. The fourth-order valence-corrected chi connectivity index (χ4v) is 3.35. The van der Waals surface area contributed by atoms with E-state index in [4.69, 9.17) is 16.3 Å². The minimum atomic E-state index is -0.389. The lowest BCUT2D eigenvalue weighted by Gasteiger charge is -2.21. The molecule has 0 fully saturated rings. The fourth-order valence-electron chi connectivity index (χ4n) is 3.08. The number of benzene rings is 2. The van der Waals surface area contributed by atoms with E-state index in [-0.39, 0.29) is 17.9 Å². The van der Waals surface area contributed by atoms with Crippen LogP contribution in [-0.2, 0) is 9.53 Å². The number of aromatic nitrogens is 1. The van der Waals surface area contributed by atoms with Crippen molar-refractivity contribution in [1.82, 2.24) is 10.3 Å². The number of ether oxygens (including phenoxy) is 1. The lowest BCUT2D eigenvalue weighted by Crippen LogP contribution is -2.37. The fraction of sp³-hybridized carbons (Fsp3) is 0.250. The Bertz CT molecular complexity index is 875. The summed E-state index contributed by atoms with van der Waals surface area (Å²) in [5.41, 5.74) is 3.25. The van der Waals surface area contributed by atoms with Gasteiger partial charge in [0, 0.05) is 34.6 Å². The molecule has 3 aromatic rings. The van der Waals surface area contributed by atoms with Crippen molar-refractivity contribution in [3.63, 3.8) is 0 Å². The molecule has 0 bridgehead atoms. The molecule has 0 radical (unpaired) electrons.